The Kier molecular flexibility index (Phi) is 6.93. The highest BCUT2D eigenvalue weighted by Gasteiger charge is 2.38. The lowest BCUT2D eigenvalue weighted by Crippen LogP contribution is -2.46. The fourth-order valence-corrected chi connectivity index (χ4v) is 4.44. The molecule has 1 saturated carbocycles. The van der Waals surface area contributed by atoms with Crippen molar-refractivity contribution in [2.45, 2.75) is 64.3 Å². The predicted molar refractivity (Wildman–Crippen MR) is 97.2 cm³/mol. The largest absolute Gasteiger partial charge is 0.353 e. The van der Waals surface area contributed by atoms with Crippen molar-refractivity contribution >= 4 is 24.2 Å². The molecule has 2 heterocycles. The first-order chi connectivity index (χ1) is 11.1. The third-order valence-corrected chi connectivity index (χ3v) is 6.10. The van der Waals surface area contributed by atoms with Crippen LogP contribution in [0.15, 0.2) is 0 Å². The number of amides is 2. The Bertz CT molecular complexity index is 436. The van der Waals surface area contributed by atoms with Crippen LogP contribution in [0.2, 0.25) is 0 Å². The van der Waals surface area contributed by atoms with Crippen LogP contribution in [-0.2, 0) is 9.59 Å². The minimum Gasteiger partial charge on any atom is -0.353 e. The van der Waals surface area contributed by atoms with Gasteiger partial charge in [0.25, 0.3) is 0 Å². The van der Waals surface area contributed by atoms with Crippen LogP contribution in [0.25, 0.3) is 0 Å². The second kappa shape index (κ2) is 8.52. The summed E-state index contributed by atoms with van der Waals surface area (Å²) in [5, 5.41) is 6.50. The van der Waals surface area contributed by atoms with Crippen molar-refractivity contribution in [2.75, 3.05) is 26.2 Å². The van der Waals surface area contributed by atoms with E-state index in [0.29, 0.717) is 11.8 Å². The zero-order valence-electron chi connectivity index (χ0n) is 14.8. The lowest BCUT2D eigenvalue weighted by atomic mass is 9.78. The van der Waals surface area contributed by atoms with Gasteiger partial charge in [-0.3, -0.25) is 9.59 Å². The smallest absolute Gasteiger partial charge is 0.224 e. The molecule has 1 unspecified atom stereocenters. The maximum atomic E-state index is 12.5. The molecular weight excluding hydrogens is 326 g/mol. The molecule has 24 heavy (non-hydrogen) atoms. The molecule has 2 N–H and O–H groups in total. The van der Waals surface area contributed by atoms with Gasteiger partial charge in [0.05, 0.1) is 0 Å². The summed E-state index contributed by atoms with van der Waals surface area (Å²) in [6, 6.07) is -0.0559. The highest BCUT2D eigenvalue weighted by Crippen LogP contribution is 2.37. The number of halogens is 1. The van der Waals surface area contributed by atoms with Crippen molar-refractivity contribution in [3.63, 3.8) is 0 Å². The summed E-state index contributed by atoms with van der Waals surface area (Å²) in [4.78, 5) is 26.6. The number of carbonyl (C=O) groups excluding carboxylic acids is 2. The van der Waals surface area contributed by atoms with Crippen LogP contribution in [-0.4, -0.2) is 48.9 Å². The molecule has 3 rings (SSSR count). The van der Waals surface area contributed by atoms with E-state index in [1.807, 2.05) is 11.8 Å². The van der Waals surface area contributed by atoms with Gasteiger partial charge in [0, 0.05) is 38.0 Å². The Balaban J connectivity index is 0.00000208. The fraction of sp³-hybridized carbons (Fsp3) is 0.889. The quantitative estimate of drug-likeness (QED) is 0.810. The van der Waals surface area contributed by atoms with Gasteiger partial charge in [0.15, 0.2) is 0 Å². The van der Waals surface area contributed by atoms with Gasteiger partial charge in [-0.25, -0.2) is 0 Å². The van der Waals surface area contributed by atoms with Crippen molar-refractivity contribution < 1.29 is 9.59 Å². The second-order valence-electron chi connectivity index (χ2n) is 7.90. The monoisotopic (exact) mass is 357 g/mol. The van der Waals surface area contributed by atoms with Crippen molar-refractivity contribution in [1.29, 1.82) is 0 Å². The SMILES string of the molecule is CC(CC(=O)N1CCC2(CCNC2)CC1)NC(=O)C1CCCC1.Cl. The number of nitrogens with one attached hydrogen (secondary N) is 2. The lowest BCUT2D eigenvalue weighted by molar-refractivity contribution is -0.134. The van der Waals surface area contributed by atoms with Gasteiger partial charge in [-0.1, -0.05) is 12.8 Å². The van der Waals surface area contributed by atoms with Gasteiger partial charge in [-0.15, -0.1) is 12.4 Å². The Labute approximate surface area is 151 Å². The molecule has 6 heteroatoms. The van der Waals surface area contributed by atoms with E-state index in [-0.39, 0.29) is 36.2 Å². The van der Waals surface area contributed by atoms with Crippen LogP contribution in [0.1, 0.15) is 58.3 Å². The van der Waals surface area contributed by atoms with Crippen LogP contribution >= 0.6 is 12.4 Å². The molecule has 3 aliphatic rings. The Morgan fingerprint density at radius 3 is 2.46 bits per heavy atom. The average molecular weight is 358 g/mol. The van der Waals surface area contributed by atoms with Gasteiger partial charge in [-0.2, -0.15) is 0 Å². The summed E-state index contributed by atoms with van der Waals surface area (Å²) in [5.74, 6) is 0.528. The molecule has 0 aromatic carbocycles. The van der Waals surface area contributed by atoms with E-state index in [0.717, 1.165) is 64.7 Å². The summed E-state index contributed by atoms with van der Waals surface area (Å²) in [7, 11) is 0. The topological polar surface area (TPSA) is 61.4 Å². The van der Waals surface area contributed by atoms with E-state index in [2.05, 4.69) is 10.6 Å². The van der Waals surface area contributed by atoms with Gasteiger partial charge in [-0.05, 0) is 51.0 Å². The Hall–Kier alpha value is -0.810. The zero-order chi connectivity index (χ0) is 16.3. The van der Waals surface area contributed by atoms with E-state index in [4.69, 9.17) is 0 Å². The summed E-state index contributed by atoms with van der Waals surface area (Å²) < 4.78 is 0. The molecule has 2 amide bonds. The molecule has 3 fully saturated rings. The van der Waals surface area contributed by atoms with E-state index in [9.17, 15) is 9.59 Å². The number of hydrogen-bond acceptors (Lipinski definition) is 3. The van der Waals surface area contributed by atoms with Crippen molar-refractivity contribution in [1.82, 2.24) is 15.5 Å². The first kappa shape index (κ1) is 19.5. The van der Waals surface area contributed by atoms with Crippen molar-refractivity contribution in [3.05, 3.63) is 0 Å². The van der Waals surface area contributed by atoms with E-state index >= 15 is 0 Å². The van der Waals surface area contributed by atoms with Gasteiger partial charge in [0.2, 0.25) is 11.8 Å². The molecule has 0 radical (unpaired) electrons. The predicted octanol–water partition coefficient (Wildman–Crippen LogP) is 2.10. The molecular formula is C18H32ClN3O2. The second-order valence-corrected chi connectivity index (χ2v) is 7.90. The standard InChI is InChI=1S/C18H31N3O2.ClH/c1-14(20-17(23)15-4-2-3-5-15)12-16(22)21-10-7-18(8-11-21)6-9-19-13-18;/h14-15,19H,2-13H2,1H3,(H,20,23);1H. The lowest BCUT2D eigenvalue weighted by Gasteiger charge is -2.39. The Morgan fingerprint density at radius 1 is 1.21 bits per heavy atom. The number of likely N-dealkylation sites (tertiary alicyclic amines) is 1. The first-order valence-electron chi connectivity index (χ1n) is 9.37. The minimum absolute atomic E-state index is 0. The summed E-state index contributed by atoms with van der Waals surface area (Å²) in [5.41, 5.74) is 0.444. The molecule has 2 saturated heterocycles. The average Bonchev–Trinajstić information content (AvgIpc) is 3.20. The summed E-state index contributed by atoms with van der Waals surface area (Å²) >= 11 is 0. The first-order valence-corrected chi connectivity index (χ1v) is 9.37. The third kappa shape index (κ3) is 4.63. The maximum absolute atomic E-state index is 12.5. The number of nitrogens with zero attached hydrogens (tertiary/aromatic N) is 1. The van der Waals surface area contributed by atoms with Crippen LogP contribution in [0.5, 0.6) is 0 Å². The highest BCUT2D eigenvalue weighted by atomic mass is 35.5. The number of rotatable bonds is 4. The molecule has 0 aromatic heterocycles. The molecule has 0 bridgehead atoms. The van der Waals surface area contributed by atoms with Crippen molar-refractivity contribution in [2.24, 2.45) is 11.3 Å². The van der Waals surface area contributed by atoms with Gasteiger partial charge < -0.3 is 15.5 Å². The summed E-state index contributed by atoms with van der Waals surface area (Å²) in [6.07, 6.45) is 8.27. The van der Waals surface area contributed by atoms with E-state index in [1.54, 1.807) is 0 Å². The van der Waals surface area contributed by atoms with Crippen LogP contribution in [0.3, 0.4) is 0 Å². The van der Waals surface area contributed by atoms with Gasteiger partial charge >= 0.3 is 0 Å². The van der Waals surface area contributed by atoms with Crippen LogP contribution in [0, 0.1) is 11.3 Å². The molecule has 1 atom stereocenters. The fourth-order valence-electron chi connectivity index (χ4n) is 4.44. The third-order valence-electron chi connectivity index (χ3n) is 6.10. The highest BCUT2D eigenvalue weighted by molar-refractivity contribution is 5.85. The van der Waals surface area contributed by atoms with E-state index in [1.165, 1.54) is 6.42 Å². The molecule has 138 valence electrons. The number of carbonyl (C=O) groups is 2. The molecule has 5 nitrogen and oxygen atoms in total. The molecule has 0 aromatic rings. The van der Waals surface area contributed by atoms with E-state index < -0.39 is 0 Å². The van der Waals surface area contributed by atoms with Crippen LogP contribution in [0.4, 0.5) is 0 Å². The molecule has 1 aliphatic carbocycles. The minimum atomic E-state index is -0.0559. The van der Waals surface area contributed by atoms with Gasteiger partial charge in [0.1, 0.15) is 0 Å². The molecule has 2 aliphatic heterocycles. The molecule has 1 spiro atoms. The normalized spacial score (nSPS) is 24.6. The number of hydrogen-bond donors (Lipinski definition) is 2. The Morgan fingerprint density at radius 2 is 1.88 bits per heavy atom. The maximum Gasteiger partial charge on any atom is 0.224 e. The van der Waals surface area contributed by atoms with Crippen molar-refractivity contribution in [3.8, 4) is 0 Å². The van der Waals surface area contributed by atoms with Crippen LogP contribution < -0.4 is 10.6 Å². The number of piperidine rings is 1. The zero-order valence-corrected chi connectivity index (χ0v) is 15.6. The summed E-state index contributed by atoms with van der Waals surface area (Å²) in [6.45, 7) is 5.95.